The molecule has 0 spiro atoms. The van der Waals surface area contributed by atoms with E-state index in [1.807, 2.05) is 0 Å². The summed E-state index contributed by atoms with van der Waals surface area (Å²) in [5.74, 6) is 0. The molecule has 0 atom stereocenters. The van der Waals surface area contributed by atoms with Crippen molar-refractivity contribution in [1.29, 1.82) is 0 Å². The maximum absolute atomic E-state index is 8.55. The molecule has 0 amide bonds. The molecule has 0 unspecified atom stereocenters. The van der Waals surface area contributed by atoms with Gasteiger partial charge in [0.1, 0.15) is 0 Å². The van der Waals surface area contributed by atoms with E-state index in [1.165, 1.54) is 0 Å². The molecule has 0 aliphatic carbocycles. The van der Waals surface area contributed by atoms with E-state index in [-0.39, 0.29) is 38.7 Å². The minimum Gasteiger partial charge on any atom is -0.822 e. The number of hydrogen-bond acceptors (Lipinski definition) is 4. The fourth-order valence-corrected chi connectivity index (χ4v) is 0. The number of rotatable bonds is 0. The minimum atomic E-state index is -5.39. The molecule has 0 saturated heterocycles. The fraction of sp³-hybridized carbons (Fsp3) is 0. The molecular formula is GaLiO4P+. The van der Waals surface area contributed by atoms with Gasteiger partial charge in [-0.2, -0.15) is 7.82 Å². The monoisotopic (exact) mass is 171 g/mol. The first-order chi connectivity index (χ1) is 2.00. The van der Waals surface area contributed by atoms with Crippen LogP contribution >= 0.6 is 7.82 Å². The average Bonchev–Trinajstić information content (AvgIpc) is 0.722. The molecule has 0 N–H and O–H groups in total. The Labute approximate surface area is 65.8 Å². The third-order valence-corrected chi connectivity index (χ3v) is 0. The molecule has 0 aliphatic heterocycles. The summed E-state index contributed by atoms with van der Waals surface area (Å²) in [5.41, 5.74) is 0. The summed E-state index contributed by atoms with van der Waals surface area (Å²) in [6.07, 6.45) is 0. The van der Waals surface area contributed by atoms with E-state index in [0.29, 0.717) is 0 Å². The SMILES string of the molecule is O=P([O-])([O-])[O-].[Ga+3].[Li+]. The Balaban J connectivity index is -0.0000000800. The van der Waals surface area contributed by atoms with Crippen LogP contribution in [-0.4, -0.2) is 19.8 Å². The second-order valence-corrected chi connectivity index (χ2v) is 1.34. The van der Waals surface area contributed by atoms with Gasteiger partial charge in [-0.15, -0.1) is 0 Å². The Kier molecular flexibility index (Phi) is 12.3. The number of hydrogen-bond donors (Lipinski definition) is 0. The van der Waals surface area contributed by atoms with Crippen molar-refractivity contribution < 1.29 is 38.1 Å². The third-order valence-electron chi connectivity index (χ3n) is 0. The molecule has 0 fully saturated rings. The van der Waals surface area contributed by atoms with Gasteiger partial charge in [-0.3, -0.25) is 0 Å². The van der Waals surface area contributed by atoms with E-state index in [9.17, 15) is 0 Å². The summed E-state index contributed by atoms with van der Waals surface area (Å²) in [4.78, 5) is 25.6. The van der Waals surface area contributed by atoms with Crippen molar-refractivity contribution in [3.8, 4) is 0 Å². The smallest absolute Gasteiger partial charge is 0.822 e. The van der Waals surface area contributed by atoms with Crippen molar-refractivity contribution in [2.24, 2.45) is 0 Å². The summed E-state index contributed by atoms with van der Waals surface area (Å²) in [6.45, 7) is 0. The van der Waals surface area contributed by atoms with Crippen LogP contribution in [0.3, 0.4) is 0 Å². The average molecular weight is 172 g/mol. The first-order valence-electron chi connectivity index (χ1n) is 0.730. The van der Waals surface area contributed by atoms with Crippen LogP contribution in [0.25, 0.3) is 0 Å². The fourth-order valence-electron chi connectivity index (χ4n) is 0. The molecule has 0 aromatic carbocycles. The van der Waals surface area contributed by atoms with Crippen molar-refractivity contribution in [3.05, 3.63) is 0 Å². The second-order valence-electron chi connectivity index (χ2n) is 0.447. The first kappa shape index (κ1) is 15.8. The van der Waals surface area contributed by atoms with Crippen LogP contribution in [0.15, 0.2) is 0 Å². The van der Waals surface area contributed by atoms with Crippen LogP contribution in [0.2, 0.25) is 0 Å². The van der Waals surface area contributed by atoms with Crippen molar-refractivity contribution >= 4 is 27.6 Å². The van der Waals surface area contributed by atoms with E-state index in [4.69, 9.17) is 19.2 Å². The van der Waals surface area contributed by atoms with E-state index in [2.05, 4.69) is 0 Å². The Bertz CT molecular complexity index is 57.8. The van der Waals surface area contributed by atoms with Crippen molar-refractivity contribution in [1.82, 2.24) is 0 Å². The van der Waals surface area contributed by atoms with Gasteiger partial charge < -0.3 is 19.2 Å². The van der Waals surface area contributed by atoms with Crippen LogP contribution in [0.4, 0.5) is 0 Å². The summed E-state index contributed by atoms with van der Waals surface area (Å²) >= 11 is 0. The maximum Gasteiger partial charge on any atom is 3.00 e. The zero-order chi connectivity index (χ0) is 4.50. The van der Waals surface area contributed by atoms with Gasteiger partial charge >= 0.3 is 38.7 Å². The Morgan fingerprint density at radius 3 is 1.14 bits per heavy atom. The first-order valence-corrected chi connectivity index (χ1v) is 2.19. The molecule has 0 aromatic heterocycles. The molecule has 0 saturated carbocycles. The zero-order valence-electron chi connectivity index (χ0n) is 3.66. The van der Waals surface area contributed by atoms with Crippen LogP contribution in [0, 0.1) is 0 Å². The van der Waals surface area contributed by atoms with E-state index in [0.717, 1.165) is 0 Å². The zero-order valence-corrected chi connectivity index (χ0v) is 6.97. The van der Waals surface area contributed by atoms with Crippen LogP contribution in [-0.2, 0) is 4.57 Å². The second kappa shape index (κ2) is 5.48. The van der Waals surface area contributed by atoms with Crippen molar-refractivity contribution in [3.63, 3.8) is 0 Å². The van der Waals surface area contributed by atoms with Crippen LogP contribution in [0.1, 0.15) is 0 Å². The van der Waals surface area contributed by atoms with Crippen LogP contribution in [0.5, 0.6) is 0 Å². The largest absolute Gasteiger partial charge is 3.00 e. The quantitative estimate of drug-likeness (QED) is 0.268. The van der Waals surface area contributed by atoms with Gasteiger partial charge in [0.15, 0.2) is 0 Å². The molecule has 0 aromatic rings. The minimum absolute atomic E-state index is 0. The van der Waals surface area contributed by atoms with Crippen LogP contribution < -0.4 is 33.5 Å². The maximum atomic E-state index is 8.55. The summed E-state index contributed by atoms with van der Waals surface area (Å²) in [5, 5.41) is 0. The van der Waals surface area contributed by atoms with Gasteiger partial charge in [0.2, 0.25) is 0 Å². The molecule has 0 bridgehead atoms. The molecule has 7 heavy (non-hydrogen) atoms. The molecule has 32 valence electrons. The topological polar surface area (TPSA) is 86.2 Å². The Morgan fingerprint density at radius 1 is 1.14 bits per heavy atom. The van der Waals surface area contributed by atoms with Crippen molar-refractivity contribution in [2.45, 2.75) is 0 Å². The molecule has 7 heteroatoms. The van der Waals surface area contributed by atoms with Gasteiger partial charge in [0.05, 0.1) is 0 Å². The van der Waals surface area contributed by atoms with E-state index < -0.39 is 7.82 Å². The summed E-state index contributed by atoms with van der Waals surface area (Å²) in [7, 11) is -5.39. The summed E-state index contributed by atoms with van der Waals surface area (Å²) in [6, 6.07) is 0. The third kappa shape index (κ3) is 116. The normalized spacial score (nSPS) is 8.43. The van der Waals surface area contributed by atoms with Gasteiger partial charge in [-0.25, -0.2) is 0 Å². The molecular weight excluding hydrogens is 172 g/mol. The molecule has 0 radical (unpaired) electrons. The van der Waals surface area contributed by atoms with Gasteiger partial charge in [-0.05, 0) is 0 Å². The molecule has 0 rings (SSSR count). The Hall–Kier alpha value is 1.34. The molecule has 0 heterocycles. The predicted octanol–water partition coefficient (Wildman–Crippen LogP) is -6.20. The van der Waals surface area contributed by atoms with Gasteiger partial charge in [0.25, 0.3) is 0 Å². The van der Waals surface area contributed by atoms with Gasteiger partial charge in [-0.1, -0.05) is 0 Å². The van der Waals surface area contributed by atoms with Gasteiger partial charge in [0, 0.05) is 0 Å². The molecule has 4 nitrogen and oxygen atoms in total. The van der Waals surface area contributed by atoms with E-state index in [1.54, 1.807) is 0 Å². The standard InChI is InChI=1S/Ga.Li.H3O4P/c;;1-5(2,3)4/h;;(H3,1,2,3,4)/q+3;+1;/p-3. The Morgan fingerprint density at radius 2 is 1.14 bits per heavy atom. The number of phosphoric acid groups is 1. The van der Waals surface area contributed by atoms with Crippen molar-refractivity contribution in [2.75, 3.05) is 0 Å². The van der Waals surface area contributed by atoms with E-state index >= 15 is 0 Å². The predicted molar refractivity (Wildman–Crippen MR) is 13.4 cm³/mol. The summed E-state index contributed by atoms with van der Waals surface area (Å²) < 4.78 is 8.55. The molecule has 0 aliphatic rings.